The first-order valence-corrected chi connectivity index (χ1v) is 10.5. The average Bonchev–Trinajstić information content (AvgIpc) is 3.33. The molecule has 2 N–H and O–H groups in total. The smallest absolute Gasteiger partial charge is 0.321 e. The number of urea groups is 1. The first kappa shape index (κ1) is 18.2. The number of carbonyl (C=O) groups excluding carboxylic acids is 2. The molecule has 1 aromatic heterocycles. The van der Waals surface area contributed by atoms with Crippen LogP contribution in [0.15, 0.2) is 41.8 Å². The molecule has 1 saturated carbocycles. The Morgan fingerprint density at radius 2 is 1.89 bits per heavy atom. The molecule has 27 heavy (non-hydrogen) atoms. The van der Waals surface area contributed by atoms with Gasteiger partial charge in [-0.3, -0.25) is 15.0 Å². The Hall–Kier alpha value is -2.18. The van der Waals surface area contributed by atoms with Crippen molar-refractivity contribution >= 4 is 23.3 Å². The van der Waals surface area contributed by atoms with Crippen molar-refractivity contribution in [3.8, 4) is 0 Å². The van der Waals surface area contributed by atoms with Gasteiger partial charge in [0, 0.05) is 17.5 Å². The number of amides is 3. The highest BCUT2D eigenvalue weighted by molar-refractivity contribution is 7.10. The fourth-order valence-electron chi connectivity index (χ4n) is 4.21. The van der Waals surface area contributed by atoms with Gasteiger partial charge in [0.2, 0.25) is 5.91 Å². The van der Waals surface area contributed by atoms with Gasteiger partial charge in [-0.25, -0.2) is 4.79 Å². The molecule has 0 radical (unpaired) electrons. The van der Waals surface area contributed by atoms with Crippen LogP contribution >= 0.6 is 11.3 Å². The largest absolute Gasteiger partial charge is 0.335 e. The van der Waals surface area contributed by atoms with Crippen molar-refractivity contribution in [3.63, 3.8) is 0 Å². The number of hydrogen-bond acceptors (Lipinski definition) is 4. The second-order valence-electron chi connectivity index (χ2n) is 7.34. The Kier molecular flexibility index (Phi) is 5.55. The Balaban J connectivity index is 1.44. The molecule has 1 unspecified atom stereocenters. The van der Waals surface area contributed by atoms with Gasteiger partial charge < -0.3 is 5.32 Å². The average molecular weight is 384 g/mol. The molecule has 2 heterocycles. The monoisotopic (exact) mass is 383 g/mol. The first-order valence-electron chi connectivity index (χ1n) is 9.66. The molecule has 1 fully saturated rings. The third kappa shape index (κ3) is 4.22. The lowest BCUT2D eigenvalue weighted by atomic mass is 9.93. The lowest BCUT2D eigenvalue weighted by Crippen LogP contribution is -2.48. The lowest BCUT2D eigenvalue weighted by Gasteiger charge is -2.35. The number of fused-ring (bicyclic) bond motifs is 1. The molecule has 1 aliphatic heterocycles. The summed E-state index contributed by atoms with van der Waals surface area (Å²) in [5.74, 6) is -0.245. The molecule has 2 aromatic rings. The second-order valence-corrected chi connectivity index (χ2v) is 8.34. The van der Waals surface area contributed by atoms with Gasteiger partial charge in [0.15, 0.2) is 0 Å². The molecule has 5 nitrogen and oxygen atoms in total. The maximum absolute atomic E-state index is 12.5. The molecular formula is C21H25N3O2S. The van der Waals surface area contributed by atoms with Crippen LogP contribution in [0, 0.1) is 0 Å². The minimum absolute atomic E-state index is 0.0600. The molecule has 1 aliphatic carbocycles. The van der Waals surface area contributed by atoms with Crippen LogP contribution in [0.3, 0.4) is 0 Å². The van der Waals surface area contributed by atoms with E-state index in [1.165, 1.54) is 16.0 Å². The minimum atomic E-state index is -0.364. The lowest BCUT2D eigenvalue weighted by molar-refractivity contribution is -0.121. The van der Waals surface area contributed by atoms with E-state index >= 15 is 0 Å². The molecule has 0 spiro atoms. The Bertz CT molecular complexity index is 799. The van der Waals surface area contributed by atoms with Gasteiger partial charge >= 0.3 is 6.03 Å². The van der Waals surface area contributed by atoms with Crippen LogP contribution in [0.2, 0.25) is 0 Å². The summed E-state index contributed by atoms with van der Waals surface area (Å²) in [6.07, 6.45) is 5.25. The van der Waals surface area contributed by atoms with Crippen molar-refractivity contribution < 1.29 is 9.59 Å². The van der Waals surface area contributed by atoms with Crippen LogP contribution in [0.1, 0.15) is 47.7 Å². The highest BCUT2D eigenvalue weighted by atomic mass is 32.1. The molecule has 142 valence electrons. The number of thiophene rings is 1. The van der Waals surface area contributed by atoms with Crippen LogP contribution in [0.5, 0.6) is 0 Å². The number of hydrogen-bond donors (Lipinski definition) is 2. The fourth-order valence-corrected chi connectivity index (χ4v) is 5.11. The summed E-state index contributed by atoms with van der Waals surface area (Å²) < 4.78 is 0. The summed E-state index contributed by atoms with van der Waals surface area (Å²) in [6, 6.07) is 12.3. The highest BCUT2D eigenvalue weighted by Crippen LogP contribution is 2.37. The van der Waals surface area contributed by atoms with Crippen LogP contribution < -0.4 is 10.6 Å². The number of rotatable bonds is 4. The molecule has 4 rings (SSSR count). The molecule has 6 heteroatoms. The van der Waals surface area contributed by atoms with E-state index in [1.54, 1.807) is 11.3 Å². The van der Waals surface area contributed by atoms with E-state index in [9.17, 15) is 9.59 Å². The standard InChI is InChI=1S/C21H25N3O2S/c25-19(23-21(26)22-16-8-4-5-9-16)14-24-12-10-18-17(11-13-27-18)20(24)15-6-2-1-3-7-15/h1-3,6-7,11,13,16,20H,4-5,8-10,12,14H2,(H2,22,23,25,26). The number of nitrogens with zero attached hydrogens (tertiary/aromatic N) is 1. The van der Waals surface area contributed by atoms with Crippen LogP contribution in [-0.2, 0) is 11.2 Å². The van der Waals surface area contributed by atoms with Crippen molar-refractivity contribution in [1.82, 2.24) is 15.5 Å². The number of imide groups is 1. The van der Waals surface area contributed by atoms with E-state index in [2.05, 4.69) is 39.1 Å². The Morgan fingerprint density at radius 1 is 1.11 bits per heavy atom. The van der Waals surface area contributed by atoms with Crippen LogP contribution in [0.4, 0.5) is 4.79 Å². The zero-order valence-corrected chi connectivity index (χ0v) is 16.1. The van der Waals surface area contributed by atoms with Gasteiger partial charge in [0.25, 0.3) is 0 Å². The van der Waals surface area contributed by atoms with Crippen molar-refractivity contribution in [2.45, 2.75) is 44.2 Å². The van der Waals surface area contributed by atoms with E-state index in [0.717, 1.165) is 38.6 Å². The summed E-state index contributed by atoms with van der Waals surface area (Å²) in [5, 5.41) is 7.55. The van der Waals surface area contributed by atoms with Gasteiger partial charge in [-0.2, -0.15) is 0 Å². The highest BCUT2D eigenvalue weighted by Gasteiger charge is 2.31. The van der Waals surface area contributed by atoms with E-state index in [0.29, 0.717) is 0 Å². The number of benzene rings is 1. The second kappa shape index (κ2) is 8.23. The van der Waals surface area contributed by atoms with E-state index < -0.39 is 0 Å². The van der Waals surface area contributed by atoms with Crippen molar-refractivity contribution in [2.24, 2.45) is 0 Å². The van der Waals surface area contributed by atoms with Crippen LogP contribution in [0.25, 0.3) is 0 Å². The Morgan fingerprint density at radius 3 is 2.67 bits per heavy atom. The molecule has 0 saturated heterocycles. The number of nitrogens with one attached hydrogen (secondary N) is 2. The number of carbonyl (C=O) groups is 2. The first-order chi connectivity index (χ1) is 13.2. The van der Waals surface area contributed by atoms with Gasteiger partial charge in [-0.1, -0.05) is 43.2 Å². The Labute approximate surface area is 163 Å². The third-order valence-electron chi connectivity index (χ3n) is 5.47. The predicted octanol–water partition coefficient (Wildman–Crippen LogP) is 3.46. The molecule has 0 bridgehead atoms. The maximum Gasteiger partial charge on any atom is 0.321 e. The summed E-state index contributed by atoms with van der Waals surface area (Å²) in [6.45, 7) is 1.03. The van der Waals surface area contributed by atoms with Gasteiger partial charge in [0.05, 0.1) is 12.6 Å². The minimum Gasteiger partial charge on any atom is -0.335 e. The predicted molar refractivity (Wildman–Crippen MR) is 107 cm³/mol. The van der Waals surface area contributed by atoms with Crippen molar-refractivity contribution in [2.75, 3.05) is 13.1 Å². The molecule has 1 aromatic carbocycles. The van der Waals surface area contributed by atoms with Gasteiger partial charge in [-0.15, -0.1) is 11.3 Å². The topological polar surface area (TPSA) is 61.4 Å². The van der Waals surface area contributed by atoms with Crippen molar-refractivity contribution in [3.05, 3.63) is 57.8 Å². The SMILES string of the molecule is O=C(CN1CCc2sccc2C1c1ccccc1)NC(=O)NC1CCCC1. The van der Waals surface area contributed by atoms with Gasteiger partial charge in [0.1, 0.15) is 0 Å². The molecule has 2 aliphatic rings. The zero-order valence-electron chi connectivity index (χ0n) is 15.3. The zero-order chi connectivity index (χ0) is 18.6. The quantitative estimate of drug-likeness (QED) is 0.850. The third-order valence-corrected chi connectivity index (χ3v) is 6.47. The fraction of sp³-hybridized carbons (Fsp3) is 0.429. The summed E-state index contributed by atoms with van der Waals surface area (Å²) in [5.41, 5.74) is 2.46. The maximum atomic E-state index is 12.5. The van der Waals surface area contributed by atoms with Gasteiger partial charge in [-0.05, 0) is 41.8 Å². The summed E-state index contributed by atoms with van der Waals surface area (Å²) >= 11 is 1.78. The summed E-state index contributed by atoms with van der Waals surface area (Å²) in [7, 11) is 0. The molecule has 3 amide bonds. The van der Waals surface area contributed by atoms with E-state index in [-0.39, 0.29) is 30.6 Å². The normalized spacial score (nSPS) is 20.2. The molecule has 1 atom stereocenters. The van der Waals surface area contributed by atoms with E-state index in [1.807, 2.05) is 18.2 Å². The molecular weight excluding hydrogens is 358 g/mol. The van der Waals surface area contributed by atoms with Crippen LogP contribution in [-0.4, -0.2) is 36.0 Å². The van der Waals surface area contributed by atoms with E-state index in [4.69, 9.17) is 0 Å². The summed E-state index contributed by atoms with van der Waals surface area (Å²) in [4.78, 5) is 28.2. The van der Waals surface area contributed by atoms with Crippen molar-refractivity contribution in [1.29, 1.82) is 0 Å².